The molecule has 2 rings (SSSR count). The minimum Gasteiger partial charge on any atom is -0.494 e. The second kappa shape index (κ2) is 11.0. The Kier molecular flexibility index (Phi) is 8.62. The zero-order chi connectivity index (χ0) is 19.6. The number of carbonyl (C=O) groups excluding carboxylic acids is 2. The minimum atomic E-state index is 0.0713. The third-order valence-electron chi connectivity index (χ3n) is 5.28. The lowest BCUT2D eigenvalue weighted by Gasteiger charge is -2.33. The third-order valence-corrected chi connectivity index (χ3v) is 5.28. The Labute approximate surface area is 163 Å². The van der Waals surface area contributed by atoms with Gasteiger partial charge >= 0.3 is 0 Å². The van der Waals surface area contributed by atoms with Crippen LogP contribution in [0.3, 0.4) is 0 Å². The molecule has 1 fully saturated rings. The predicted molar refractivity (Wildman–Crippen MR) is 108 cm³/mol. The van der Waals surface area contributed by atoms with Crippen molar-refractivity contribution in [3.05, 3.63) is 29.8 Å². The number of piperidine rings is 1. The van der Waals surface area contributed by atoms with Gasteiger partial charge in [0.15, 0.2) is 0 Å². The molecule has 0 unspecified atom stereocenters. The number of amides is 2. The van der Waals surface area contributed by atoms with Crippen LogP contribution in [0, 0.1) is 5.92 Å². The number of unbranched alkanes of at least 4 members (excludes halogenated alkanes) is 1. The van der Waals surface area contributed by atoms with Crippen molar-refractivity contribution in [3.63, 3.8) is 0 Å². The Morgan fingerprint density at radius 2 is 1.81 bits per heavy atom. The van der Waals surface area contributed by atoms with Crippen molar-refractivity contribution in [2.75, 3.05) is 33.3 Å². The highest BCUT2D eigenvalue weighted by atomic mass is 16.5. The topological polar surface area (TPSA) is 49.9 Å². The largest absolute Gasteiger partial charge is 0.494 e. The maximum absolute atomic E-state index is 12.5. The second-order valence-corrected chi connectivity index (χ2v) is 7.35. The molecule has 1 aliphatic heterocycles. The first-order valence-electron chi connectivity index (χ1n) is 10.3. The molecule has 0 atom stereocenters. The molecule has 1 aromatic carbocycles. The summed E-state index contributed by atoms with van der Waals surface area (Å²) in [6.45, 7) is 6.98. The zero-order valence-corrected chi connectivity index (χ0v) is 17.1. The predicted octanol–water partition coefficient (Wildman–Crippen LogP) is 3.52. The van der Waals surface area contributed by atoms with Crippen LogP contribution in [-0.2, 0) is 16.0 Å². The summed E-state index contributed by atoms with van der Waals surface area (Å²) in [5, 5.41) is 0. The number of ether oxygens (including phenoxy) is 1. The number of benzene rings is 1. The van der Waals surface area contributed by atoms with Gasteiger partial charge in [0.25, 0.3) is 0 Å². The second-order valence-electron chi connectivity index (χ2n) is 7.35. The molecule has 150 valence electrons. The first-order chi connectivity index (χ1) is 13.0. The summed E-state index contributed by atoms with van der Waals surface area (Å²) in [7, 11) is 1.90. The van der Waals surface area contributed by atoms with E-state index in [1.165, 1.54) is 0 Å². The van der Waals surface area contributed by atoms with Gasteiger partial charge in [-0.15, -0.1) is 0 Å². The molecule has 1 heterocycles. The molecule has 0 radical (unpaired) electrons. The Bertz CT molecular complexity index is 592. The number of hydrogen-bond acceptors (Lipinski definition) is 3. The van der Waals surface area contributed by atoms with Crippen LogP contribution < -0.4 is 4.74 Å². The number of nitrogens with zero attached hydrogens (tertiary/aromatic N) is 2. The first-order valence-corrected chi connectivity index (χ1v) is 10.3. The fraction of sp³-hybridized carbons (Fsp3) is 0.636. The maximum Gasteiger partial charge on any atom is 0.225 e. The van der Waals surface area contributed by atoms with Crippen molar-refractivity contribution >= 4 is 11.8 Å². The molecule has 0 saturated carbocycles. The zero-order valence-electron chi connectivity index (χ0n) is 17.1. The van der Waals surface area contributed by atoms with E-state index in [-0.39, 0.29) is 17.7 Å². The molecule has 1 aliphatic rings. The fourth-order valence-corrected chi connectivity index (χ4v) is 3.52. The molecule has 2 amide bonds. The van der Waals surface area contributed by atoms with Crippen LogP contribution in [0.2, 0.25) is 0 Å². The van der Waals surface area contributed by atoms with Gasteiger partial charge in [-0.3, -0.25) is 9.59 Å². The minimum absolute atomic E-state index is 0.0713. The number of likely N-dealkylation sites (tertiary alicyclic amines) is 1. The molecule has 0 aromatic heterocycles. The van der Waals surface area contributed by atoms with Crippen LogP contribution in [0.1, 0.15) is 51.5 Å². The van der Waals surface area contributed by atoms with E-state index in [1.54, 1.807) is 0 Å². The fourth-order valence-electron chi connectivity index (χ4n) is 3.52. The molecule has 0 spiro atoms. The molecule has 1 saturated heterocycles. The molecule has 0 N–H and O–H groups in total. The third kappa shape index (κ3) is 6.56. The SMILES string of the molecule is CCCCN(C)C(=O)C1CCN(C(=O)CCc2ccc(OCC)cc2)CC1. The Balaban J connectivity index is 1.73. The molecule has 27 heavy (non-hydrogen) atoms. The van der Waals surface area contributed by atoms with Crippen molar-refractivity contribution in [1.29, 1.82) is 0 Å². The van der Waals surface area contributed by atoms with Crippen LogP contribution in [0.5, 0.6) is 5.75 Å². The molecular formula is C22H34N2O3. The van der Waals surface area contributed by atoms with E-state index >= 15 is 0 Å². The van der Waals surface area contributed by atoms with Gasteiger partial charge in [0, 0.05) is 39.0 Å². The highest BCUT2D eigenvalue weighted by Crippen LogP contribution is 2.21. The lowest BCUT2D eigenvalue weighted by Crippen LogP contribution is -2.43. The summed E-state index contributed by atoms with van der Waals surface area (Å²) in [5.41, 5.74) is 1.15. The normalized spacial score (nSPS) is 14.9. The summed E-state index contributed by atoms with van der Waals surface area (Å²) in [6, 6.07) is 7.95. The van der Waals surface area contributed by atoms with Crippen LogP contribution >= 0.6 is 0 Å². The molecule has 1 aromatic rings. The van der Waals surface area contributed by atoms with Gasteiger partial charge in [0.1, 0.15) is 5.75 Å². The van der Waals surface area contributed by atoms with E-state index in [4.69, 9.17) is 4.74 Å². The van der Waals surface area contributed by atoms with Crippen LogP contribution in [0.4, 0.5) is 0 Å². The highest BCUT2D eigenvalue weighted by molar-refractivity contribution is 5.80. The van der Waals surface area contributed by atoms with Gasteiger partial charge < -0.3 is 14.5 Å². The monoisotopic (exact) mass is 374 g/mol. The maximum atomic E-state index is 12.5. The first kappa shape index (κ1) is 21.3. The van der Waals surface area contributed by atoms with Gasteiger partial charge in [-0.1, -0.05) is 25.5 Å². The van der Waals surface area contributed by atoms with Crippen molar-refractivity contribution < 1.29 is 14.3 Å². The van der Waals surface area contributed by atoms with Crippen molar-refractivity contribution in [2.24, 2.45) is 5.92 Å². The Morgan fingerprint density at radius 3 is 2.41 bits per heavy atom. The number of aryl methyl sites for hydroxylation is 1. The van der Waals surface area contributed by atoms with Crippen LogP contribution in [-0.4, -0.2) is 54.9 Å². The summed E-state index contributed by atoms with van der Waals surface area (Å²) >= 11 is 0. The van der Waals surface area contributed by atoms with Gasteiger partial charge in [-0.2, -0.15) is 0 Å². The standard InChI is InChI=1S/C22H34N2O3/c1-4-6-15-23(3)22(26)19-13-16-24(17-14-19)21(25)12-9-18-7-10-20(11-8-18)27-5-2/h7-8,10-11,19H,4-6,9,12-17H2,1-3H3. The number of rotatable bonds is 9. The van der Waals surface area contributed by atoms with Gasteiger partial charge in [-0.05, 0) is 50.3 Å². The lowest BCUT2D eigenvalue weighted by molar-refractivity contribution is -0.139. The molecule has 0 aliphatic carbocycles. The van der Waals surface area contributed by atoms with Crippen LogP contribution in [0.15, 0.2) is 24.3 Å². The molecule has 0 bridgehead atoms. The molecule has 5 heteroatoms. The lowest BCUT2D eigenvalue weighted by atomic mass is 9.95. The summed E-state index contributed by atoms with van der Waals surface area (Å²) in [6.07, 6.45) is 4.96. The summed E-state index contributed by atoms with van der Waals surface area (Å²) < 4.78 is 5.44. The number of carbonyl (C=O) groups is 2. The van der Waals surface area contributed by atoms with Gasteiger partial charge in [0.2, 0.25) is 11.8 Å². The van der Waals surface area contributed by atoms with E-state index in [0.717, 1.165) is 50.0 Å². The number of hydrogen-bond donors (Lipinski definition) is 0. The van der Waals surface area contributed by atoms with E-state index in [1.807, 2.05) is 48.0 Å². The van der Waals surface area contributed by atoms with E-state index in [2.05, 4.69) is 6.92 Å². The van der Waals surface area contributed by atoms with Crippen molar-refractivity contribution in [1.82, 2.24) is 9.80 Å². The molecule has 5 nitrogen and oxygen atoms in total. The Morgan fingerprint density at radius 1 is 1.15 bits per heavy atom. The van der Waals surface area contributed by atoms with Gasteiger partial charge in [-0.25, -0.2) is 0 Å². The van der Waals surface area contributed by atoms with E-state index in [0.29, 0.717) is 26.1 Å². The summed E-state index contributed by atoms with van der Waals surface area (Å²) in [5.74, 6) is 1.37. The Hall–Kier alpha value is -2.04. The average molecular weight is 375 g/mol. The van der Waals surface area contributed by atoms with Gasteiger partial charge in [0.05, 0.1) is 6.61 Å². The van der Waals surface area contributed by atoms with Crippen molar-refractivity contribution in [2.45, 2.75) is 52.4 Å². The molecular weight excluding hydrogens is 340 g/mol. The smallest absolute Gasteiger partial charge is 0.225 e. The van der Waals surface area contributed by atoms with Crippen LogP contribution in [0.25, 0.3) is 0 Å². The highest BCUT2D eigenvalue weighted by Gasteiger charge is 2.28. The summed E-state index contributed by atoms with van der Waals surface area (Å²) in [4.78, 5) is 28.8. The van der Waals surface area contributed by atoms with E-state index < -0.39 is 0 Å². The quantitative estimate of drug-likeness (QED) is 0.664. The average Bonchev–Trinajstić information content (AvgIpc) is 2.71. The van der Waals surface area contributed by atoms with E-state index in [9.17, 15) is 9.59 Å². The van der Waals surface area contributed by atoms with Crippen molar-refractivity contribution in [3.8, 4) is 5.75 Å².